The standard InChI is InChI=1S/C20H16N4O2/c21-13-15-16(22-23-20(25)19-8-4-12-26-19)6-3-11-24-17-7-2-1-5-14(17)9-10-18(15)24/h1-2,4-5,7-10,12H,3,6,11H2,(H,23,25)/b22-16+. The molecule has 128 valence electrons. The van der Waals surface area contributed by atoms with Crippen molar-refractivity contribution in [1.82, 2.24) is 5.43 Å². The van der Waals surface area contributed by atoms with Crippen molar-refractivity contribution in [3.05, 3.63) is 71.3 Å². The predicted octanol–water partition coefficient (Wildman–Crippen LogP) is 3.47. The van der Waals surface area contributed by atoms with Gasteiger partial charge in [0.25, 0.3) is 0 Å². The highest BCUT2D eigenvalue weighted by molar-refractivity contribution is 6.07. The average molecular weight is 344 g/mol. The van der Waals surface area contributed by atoms with Crippen LogP contribution < -0.4 is 10.3 Å². The van der Waals surface area contributed by atoms with Crippen LogP contribution in [0.1, 0.15) is 29.0 Å². The second-order valence-corrected chi connectivity index (χ2v) is 6.00. The monoisotopic (exact) mass is 344 g/mol. The molecule has 26 heavy (non-hydrogen) atoms. The molecule has 0 spiro atoms. The molecule has 0 bridgehead atoms. The minimum Gasteiger partial charge on any atom is -0.459 e. The summed E-state index contributed by atoms with van der Waals surface area (Å²) in [4.78, 5) is 14.2. The summed E-state index contributed by atoms with van der Waals surface area (Å²) in [5.74, 6) is -0.252. The van der Waals surface area contributed by atoms with E-state index < -0.39 is 5.91 Å². The summed E-state index contributed by atoms with van der Waals surface area (Å²) in [6.07, 6.45) is 6.81. The second-order valence-electron chi connectivity index (χ2n) is 6.00. The third kappa shape index (κ3) is 2.80. The van der Waals surface area contributed by atoms with Crippen LogP contribution in [0.2, 0.25) is 0 Å². The first-order chi connectivity index (χ1) is 12.8. The van der Waals surface area contributed by atoms with E-state index in [4.69, 9.17) is 4.42 Å². The third-order valence-corrected chi connectivity index (χ3v) is 4.43. The van der Waals surface area contributed by atoms with Crippen molar-refractivity contribution in [2.45, 2.75) is 12.8 Å². The van der Waals surface area contributed by atoms with Gasteiger partial charge in [0.05, 0.1) is 23.2 Å². The molecular formula is C20H16N4O2. The quantitative estimate of drug-likeness (QED) is 0.846. The van der Waals surface area contributed by atoms with E-state index >= 15 is 0 Å². The molecule has 1 aromatic carbocycles. The van der Waals surface area contributed by atoms with Crippen molar-refractivity contribution in [1.29, 1.82) is 5.26 Å². The molecule has 0 saturated heterocycles. The largest absolute Gasteiger partial charge is 0.459 e. The van der Waals surface area contributed by atoms with Gasteiger partial charge in [-0.05, 0) is 42.7 Å². The Balaban J connectivity index is 1.69. The number of nitriles is 1. The number of furan rings is 1. The number of nitrogens with zero attached hydrogens (tertiary/aromatic N) is 3. The maximum atomic E-state index is 12.0. The molecule has 6 heteroatoms. The summed E-state index contributed by atoms with van der Waals surface area (Å²) in [6, 6.07) is 13.6. The summed E-state index contributed by atoms with van der Waals surface area (Å²) in [5, 5.41) is 14.0. The fraction of sp³-hybridized carbons (Fsp3) is 0.150. The number of allylic oxidation sites excluding steroid dienone is 2. The zero-order valence-corrected chi connectivity index (χ0v) is 14.0. The zero-order valence-electron chi connectivity index (χ0n) is 14.0. The molecule has 0 saturated carbocycles. The number of benzene rings is 1. The van der Waals surface area contributed by atoms with E-state index in [1.165, 1.54) is 6.26 Å². The Morgan fingerprint density at radius 3 is 2.92 bits per heavy atom. The van der Waals surface area contributed by atoms with Crippen LogP contribution in [-0.4, -0.2) is 18.2 Å². The summed E-state index contributed by atoms with van der Waals surface area (Å²) in [6.45, 7) is 0.785. The first-order valence-electron chi connectivity index (χ1n) is 8.38. The van der Waals surface area contributed by atoms with E-state index in [1.807, 2.05) is 24.3 Å². The fourth-order valence-electron chi connectivity index (χ4n) is 3.21. The number of hydrazone groups is 1. The molecule has 0 unspecified atom stereocenters. The molecule has 4 rings (SSSR count). The lowest BCUT2D eigenvalue weighted by Gasteiger charge is -2.29. The Bertz CT molecular complexity index is 977. The number of hydrogen-bond acceptors (Lipinski definition) is 5. The van der Waals surface area contributed by atoms with Gasteiger partial charge in [-0.3, -0.25) is 4.79 Å². The number of carbonyl (C=O) groups is 1. The zero-order chi connectivity index (χ0) is 17.9. The normalized spacial score (nSPS) is 17.3. The number of carbonyl (C=O) groups excluding carboxylic acids is 1. The van der Waals surface area contributed by atoms with E-state index in [0.717, 1.165) is 29.9 Å². The van der Waals surface area contributed by atoms with Crippen molar-refractivity contribution in [2.24, 2.45) is 5.10 Å². The van der Waals surface area contributed by atoms with Crippen LogP contribution in [0.15, 0.2) is 69.5 Å². The topological polar surface area (TPSA) is 81.6 Å². The fourth-order valence-corrected chi connectivity index (χ4v) is 3.21. The first kappa shape index (κ1) is 15.9. The second kappa shape index (κ2) is 6.73. The Kier molecular flexibility index (Phi) is 4.12. The summed E-state index contributed by atoms with van der Waals surface area (Å²) in [7, 11) is 0. The van der Waals surface area contributed by atoms with E-state index in [9.17, 15) is 10.1 Å². The molecule has 0 aliphatic carbocycles. The number of rotatable bonds is 2. The molecule has 1 amide bonds. The Hall–Kier alpha value is -3.59. The van der Waals surface area contributed by atoms with Gasteiger partial charge in [0, 0.05) is 12.2 Å². The van der Waals surface area contributed by atoms with Crippen LogP contribution in [0.25, 0.3) is 6.08 Å². The van der Waals surface area contributed by atoms with Gasteiger partial charge in [0.1, 0.15) is 6.07 Å². The van der Waals surface area contributed by atoms with Gasteiger partial charge in [-0.2, -0.15) is 10.4 Å². The molecule has 6 nitrogen and oxygen atoms in total. The van der Waals surface area contributed by atoms with Gasteiger partial charge in [-0.1, -0.05) is 24.3 Å². The number of para-hydroxylation sites is 1. The number of nitrogens with one attached hydrogen (secondary N) is 1. The van der Waals surface area contributed by atoms with E-state index in [-0.39, 0.29) is 5.76 Å². The smallest absolute Gasteiger partial charge is 0.307 e. The highest BCUT2D eigenvalue weighted by atomic mass is 16.3. The first-order valence-corrected chi connectivity index (χ1v) is 8.38. The van der Waals surface area contributed by atoms with Gasteiger partial charge in [0.2, 0.25) is 0 Å². The lowest BCUT2D eigenvalue weighted by molar-refractivity contribution is 0.0927. The molecular weight excluding hydrogens is 328 g/mol. The number of amides is 1. The van der Waals surface area contributed by atoms with Gasteiger partial charge in [-0.25, -0.2) is 5.43 Å². The van der Waals surface area contributed by atoms with Crippen LogP contribution in [0, 0.1) is 11.3 Å². The molecule has 3 heterocycles. The molecule has 0 atom stereocenters. The molecule has 2 aromatic rings. The molecule has 0 radical (unpaired) electrons. The number of fused-ring (bicyclic) bond motifs is 3. The predicted molar refractivity (Wildman–Crippen MR) is 98.3 cm³/mol. The van der Waals surface area contributed by atoms with Crippen molar-refractivity contribution in [3.8, 4) is 6.07 Å². The summed E-state index contributed by atoms with van der Waals surface area (Å²) < 4.78 is 5.06. The Morgan fingerprint density at radius 2 is 2.12 bits per heavy atom. The molecule has 2 aliphatic rings. The van der Waals surface area contributed by atoms with E-state index in [1.54, 1.807) is 12.1 Å². The van der Waals surface area contributed by atoms with Crippen molar-refractivity contribution in [3.63, 3.8) is 0 Å². The van der Waals surface area contributed by atoms with Crippen molar-refractivity contribution in [2.75, 3.05) is 11.4 Å². The molecule has 1 N–H and O–H groups in total. The van der Waals surface area contributed by atoms with Crippen LogP contribution >= 0.6 is 0 Å². The summed E-state index contributed by atoms with van der Waals surface area (Å²) >= 11 is 0. The van der Waals surface area contributed by atoms with Crippen LogP contribution in [0.5, 0.6) is 0 Å². The highest BCUT2D eigenvalue weighted by Crippen LogP contribution is 2.34. The van der Waals surface area contributed by atoms with Crippen molar-refractivity contribution < 1.29 is 9.21 Å². The third-order valence-electron chi connectivity index (χ3n) is 4.43. The minimum absolute atomic E-state index is 0.183. The lowest BCUT2D eigenvalue weighted by atomic mass is 10.0. The van der Waals surface area contributed by atoms with Gasteiger partial charge in [0.15, 0.2) is 5.76 Å². The Labute approximate surface area is 150 Å². The minimum atomic E-state index is -0.435. The van der Waals surface area contributed by atoms with Gasteiger partial charge < -0.3 is 9.32 Å². The van der Waals surface area contributed by atoms with E-state index in [0.29, 0.717) is 17.7 Å². The summed E-state index contributed by atoms with van der Waals surface area (Å²) in [5.41, 5.74) is 6.57. The Morgan fingerprint density at radius 1 is 1.23 bits per heavy atom. The van der Waals surface area contributed by atoms with Crippen LogP contribution in [0.3, 0.4) is 0 Å². The maximum Gasteiger partial charge on any atom is 0.307 e. The highest BCUT2D eigenvalue weighted by Gasteiger charge is 2.26. The van der Waals surface area contributed by atoms with Gasteiger partial charge in [-0.15, -0.1) is 0 Å². The molecule has 0 fully saturated rings. The molecule has 2 aliphatic heterocycles. The lowest BCUT2D eigenvalue weighted by Crippen LogP contribution is -2.25. The SMILES string of the molecule is N#CC1=C2C=Cc3ccccc3N2CCC/C1=N\NC(=O)c1ccco1. The number of hydrogen-bond donors (Lipinski definition) is 1. The van der Waals surface area contributed by atoms with Crippen LogP contribution in [-0.2, 0) is 0 Å². The number of anilines is 1. The maximum absolute atomic E-state index is 12.0. The molecule has 1 aromatic heterocycles. The average Bonchev–Trinajstić information content (AvgIpc) is 3.15. The van der Waals surface area contributed by atoms with Gasteiger partial charge >= 0.3 is 5.91 Å². The van der Waals surface area contributed by atoms with Crippen LogP contribution in [0.4, 0.5) is 5.69 Å². The van der Waals surface area contributed by atoms with E-state index in [2.05, 4.69) is 33.6 Å². The van der Waals surface area contributed by atoms with Crippen molar-refractivity contribution >= 4 is 23.4 Å².